The van der Waals surface area contributed by atoms with Gasteiger partial charge in [0.1, 0.15) is 0 Å². The Morgan fingerprint density at radius 3 is 2.18 bits per heavy atom. The topological polar surface area (TPSA) is 26.0 Å². The summed E-state index contributed by atoms with van der Waals surface area (Å²) in [6.07, 6.45) is 6.05. The van der Waals surface area contributed by atoms with Crippen LogP contribution in [0.25, 0.3) is 11.8 Å². The zero-order valence-electron chi connectivity index (χ0n) is 9.43. The highest BCUT2D eigenvalue weighted by atomic mass is 14.6. The van der Waals surface area contributed by atoms with E-state index in [1.54, 1.807) is 0 Å². The third kappa shape index (κ3) is 1.66. The van der Waals surface area contributed by atoms with Crippen molar-refractivity contribution in [3.8, 4) is 0 Å². The Bertz CT molecular complexity index is 798. The normalized spacial score (nSPS) is 22.2. The Balaban J connectivity index is 2.77. The lowest BCUT2D eigenvalue weighted by atomic mass is 10.1. The van der Waals surface area contributed by atoms with Crippen molar-refractivity contribution < 1.29 is 0 Å². The molecule has 0 aliphatic heterocycles. The standard InChI is InChI=1S/C16H13N/c17-16-11-5-7-12-6-1-2-8-13(12)14-9-3-4-10-15(14)16/h1-11H,17H2/b7-5?,11-5-,12-7-,14-13-,16-11?,16-15+. The van der Waals surface area contributed by atoms with Crippen LogP contribution in [0.5, 0.6) is 0 Å². The van der Waals surface area contributed by atoms with Crippen molar-refractivity contribution in [2.75, 3.05) is 0 Å². The third-order valence-corrected chi connectivity index (χ3v) is 3.04. The van der Waals surface area contributed by atoms with Crippen LogP contribution in [0, 0.1) is 10.4 Å². The van der Waals surface area contributed by atoms with Crippen molar-refractivity contribution in [1.29, 1.82) is 0 Å². The predicted octanol–water partition coefficient (Wildman–Crippen LogP) is 1.39. The van der Waals surface area contributed by atoms with E-state index in [1.165, 1.54) is 15.7 Å². The first kappa shape index (κ1) is 9.91. The number of hydrogen-bond donors (Lipinski definition) is 1. The van der Waals surface area contributed by atoms with Gasteiger partial charge in [-0.05, 0) is 21.7 Å². The molecule has 0 spiro atoms. The molecule has 0 atom stereocenters. The number of allylic oxidation sites excluding steroid dienone is 1. The summed E-state index contributed by atoms with van der Waals surface area (Å²) in [6.45, 7) is 0. The molecule has 0 radical (unpaired) electrons. The average Bonchev–Trinajstić information content (AvgIpc) is 2.37. The molecule has 0 saturated heterocycles. The lowest BCUT2D eigenvalue weighted by Gasteiger charge is -1.99. The minimum absolute atomic E-state index is 0.811. The second-order valence-electron chi connectivity index (χ2n) is 4.11. The molecule has 0 amide bonds. The maximum Gasteiger partial charge on any atom is 0.0393 e. The van der Waals surface area contributed by atoms with E-state index in [0.717, 1.165) is 10.9 Å². The molecule has 0 bridgehead atoms. The van der Waals surface area contributed by atoms with Gasteiger partial charge in [-0.25, -0.2) is 0 Å². The number of nitrogens with two attached hydrogens (primary N) is 1. The first-order valence-corrected chi connectivity index (χ1v) is 5.69. The van der Waals surface area contributed by atoms with Gasteiger partial charge in [-0.1, -0.05) is 60.7 Å². The summed E-state index contributed by atoms with van der Waals surface area (Å²) >= 11 is 0. The van der Waals surface area contributed by atoms with Crippen LogP contribution < -0.4 is 16.2 Å². The molecule has 0 aromatic heterocycles. The Labute approximate surface area is 99.5 Å². The summed E-state index contributed by atoms with van der Waals surface area (Å²) in [5.74, 6) is 0. The van der Waals surface area contributed by atoms with Crippen molar-refractivity contribution in [2.45, 2.75) is 0 Å². The fraction of sp³-hybridized carbons (Fsp3) is 0. The first-order valence-electron chi connectivity index (χ1n) is 5.69. The van der Waals surface area contributed by atoms with Gasteiger partial charge in [-0.3, -0.25) is 0 Å². The van der Waals surface area contributed by atoms with Crippen LogP contribution in [0.15, 0.2) is 60.7 Å². The van der Waals surface area contributed by atoms with Crippen LogP contribution in [0.3, 0.4) is 0 Å². The van der Waals surface area contributed by atoms with Crippen LogP contribution in [0.4, 0.5) is 0 Å². The van der Waals surface area contributed by atoms with E-state index in [-0.39, 0.29) is 0 Å². The molecule has 0 unspecified atom stereocenters. The van der Waals surface area contributed by atoms with Crippen LogP contribution in [0.2, 0.25) is 0 Å². The molecule has 3 rings (SSSR count). The molecule has 1 nitrogen and oxygen atoms in total. The molecule has 82 valence electrons. The van der Waals surface area contributed by atoms with E-state index >= 15 is 0 Å². The van der Waals surface area contributed by atoms with E-state index in [2.05, 4.69) is 42.5 Å². The molecular weight excluding hydrogens is 206 g/mol. The smallest absolute Gasteiger partial charge is 0.0393 e. The zero-order chi connectivity index (χ0) is 11.7. The van der Waals surface area contributed by atoms with E-state index in [0.29, 0.717) is 0 Å². The van der Waals surface area contributed by atoms with E-state index in [1.807, 2.05) is 24.3 Å². The fourth-order valence-corrected chi connectivity index (χ4v) is 2.20. The Morgan fingerprint density at radius 2 is 1.35 bits per heavy atom. The molecule has 1 aliphatic rings. The SMILES string of the molecule is NC1=c2\cccc\c2=c2/cccc/c2=C/C=C\1. The zero-order valence-corrected chi connectivity index (χ0v) is 9.43. The van der Waals surface area contributed by atoms with Crippen molar-refractivity contribution in [1.82, 2.24) is 0 Å². The van der Waals surface area contributed by atoms with Crippen molar-refractivity contribution in [3.05, 3.63) is 81.6 Å². The largest absolute Gasteiger partial charge is 0.398 e. The summed E-state index contributed by atoms with van der Waals surface area (Å²) in [7, 11) is 0. The maximum atomic E-state index is 6.08. The highest BCUT2D eigenvalue weighted by molar-refractivity contribution is 5.58. The second-order valence-corrected chi connectivity index (χ2v) is 4.11. The van der Waals surface area contributed by atoms with Gasteiger partial charge in [0.25, 0.3) is 0 Å². The van der Waals surface area contributed by atoms with Gasteiger partial charge in [-0.15, -0.1) is 0 Å². The van der Waals surface area contributed by atoms with Gasteiger partial charge in [0, 0.05) is 10.9 Å². The molecule has 0 saturated carbocycles. The molecule has 0 fully saturated rings. The minimum atomic E-state index is 0.811. The van der Waals surface area contributed by atoms with Crippen LogP contribution in [-0.2, 0) is 0 Å². The van der Waals surface area contributed by atoms with E-state index in [9.17, 15) is 0 Å². The highest BCUT2D eigenvalue weighted by Gasteiger charge is 1.94. The van der Waals surface area contributed by atoms with Gasteiger partial charge in [0.05, 0.1) is 0 Å². The van der Waals surface area contributed by atoms with Crippen LogP contribution in [-0.4, -0.2) is 0 Å². The maximum absolute atomic E-state index is 6.08. The minimum Gasteiger partial charge on any atom is -0.398 e. The van der Waals surface area contributed by atoms with E-state index < -0.39 is 0 Å². The molecule has 2 aromatic carbocycles. The molecule has 2 aromatic rings. The average molecular weight is 219 g/mol. The molecular formula is C16H13N. The summed E-state index contributed by atoms with van der Waals surface area (Å²) in [5.41, 5.74) is 6.89. The van der Waals surface area contributed by atoms with Crippen LogP contribution >= 0.6 is 0 Å². The molecule has 1 heteroatoms. The Hall–Kier alpha value is -2.28. The number of rotatable bonds is 0. The lowest BCUT2D eigenvalue weighted by Crippen LogP contribution is -2.16. The van der Waals surface area contributed by atoms with Crippen molar-refractivity contribution in [3.63, 3.8) is 0 Å². The molecule has 2 N–H and O–H groups in total. The summed E-state index contributed by atoms with van der Waals surface area (Å²) in [4.78, 5) is 0. The number of hydrogen-bond acceptors (Lipinski definition) is 1. The van der Waals surface area contributed by atoms with Crippen molar-refractivity contribution >= 4 is 11.8 Å². The van der Waals surface area contributed by atoms with E-state index in [4.69, 9.17) is 5.73 Å². The lowest BCUT2D eigenvalue weighted by molar-refractivity contribution is 1.37. The van der Waals surface area contributed by atoms with Gasteiger partial charge in [0.2, 0.25) is 0 Å². The Morgan fingerprint density at radius 1 is 0.706 bits per heavy atom. The van der Waals surface area contributed by atoms with Crippen molar-refractivity contribution in [2.24, 2.45) is 5.73 Å². The quantitative estimate of drug-likeness (QED) is 0.712. The molecule has 1 aliphatic carbocycles. The van der Waals surface area contributed by atoms with Gasteiger partial charge in [0.15, 0.2) is 0 Å². The van der Waals surface area contributed by atoms with Crippen LogP contribution in [0.1, 0.15) is 0 Å². The Kier molecular flexibility index (Phi) is 2.30. The molecule has 17 heavy (non-hydrogen) atoms. The fourth-order valence-electron chi connectivity index (χ4n) is 2.20. The monoisotopic (exact) mass is 219 g/mol. The number of benzene rings is 2. The highest BCUT2D eigenvalue weighted by Crippen LogP contribution is 1.95. The first-order chi connectivity index (χ1) is 8.36. The summed E-state index contributed by atoms with van der Waals surface area (Å²) in [5, 5.41) is 4.75. The predicted molar refractivity (Wildman–Crippen MR) is 71.0 cm³/mol. The van der Waals surface area contributed by atoms with Gasteiger partial charge in [-0.2, -0.15) is 0 Å². The van der Waals surface area contributed by atoms with Gasteiger partial charge < -0.3 is 5.73 Å². The van der Waals surface area contributed by atoms with Gasteiger partial charge >= 0.3 is 0 Å². The summed E-state index contributed by atoms with van der Waals surface area (Å²) in [6, 6.07) is 16.6. The third-order valence-electron chi connectivity index (χ3n) is 3.04. The second kappa shape index (κ2) is 3.95. The summed E-state index contributed by atoms with van der Waals surface area (Å²) < 4.78 is 0. The molecule has 0 heterocycles. The number of fused-ring (bicyclic) bond motifs is 2.